The Bertz CT molecular complexity index is 2360. The summed E-state index contributed by atoms with van der Waals surface area (Å²) in [5.74, 6) is 0.349. The Kier molecular flexibility index (Phi) is 9.07. The van der Waals surface area contributed by atoms with Crippen LogP contribution in [0.3, 0.4) is 0 Å². The van der Waals surface area contributed by atoms with Crippen LogP contribution in [0.2, 0.25) is 0 Å². The van der Waals surface area contributed by atoms with Crippen LogP contribution in [-0.4, -0.2) is 9.97 Å². The molecule has 0 spiro atoms. The third-order valence-electron chi connectivity index (χ3n) is 9.96. The van der Waals surface area contributed by atoms with Crippen LogP contribution in [0.5, 0.6) is 0 Å². The molecule has 7 aromatic rings. The number of allylic oxidation sites excluding steroid dienone is 4. The highest BCUT2D eigenvalue weighted by Crippen LogP contribution is 2.39. The molecule has 248 valence electrons. The summed E-state index contributed by atoms with van der Waals surface area (Å²) in [4.78, 5) is 9.31. The highest BCUT2D eigenvalue weighted by atomic mass is 14.9. The molecule has 0 aliphatic heterocycles. The molecule has 3 N–H and O–H groups in total. The van der Waals surface area contributed by atoms with E-state index in [-0.39, 0.29) is 6.04 Å². The number of nitrogens with one attached hydrogen (secondary N) is 1. The predicted octanol–water partition coefficient (Wildman–Crippen LogP) is 10.9. The van der Waals surface area contributed by atoms with E-state index in [2.05, 4.69) is 157 Å². The fraction of sp³-hybridized carbons (Fsp3) is 0.106. The summed E-state index contributed by atoms with van der Waals surface area (Å²) < 4.78 is 0. The van der Waals surface area contributed by atoms with Crippen molar-refractivity contribution in [3.05, 3.63) is 198 Å². The zero-order valence-electron chi connectivity index (χ0n) is 28.7. The van der Waals surface area contributed by atoms with Crippen molar-refractivity contribution in [1.29, 1.82) is 0 Å². The molecule has 5 aromatic carbocycles. The molecule has 0 saturated carbocycles. The minimum atomic E-state index is -0.0842. The van der Waals surface area contributed by atoms with Gasteiger partial charge in [0.1, 0.15) is 0 Å². The maximum atomic E-state index is 6.89. The van der Waals surface area contributed by atoms with E-state index in [0.29, 0.717) is 12.5 Å². The van der Waals surface area contributed by atoms with Gasteiger partial charge < -0.3 is 11.1 Å². The van der Waals surface area contributed by atoms with E-state index in [4.69, 9.17) is 10.7 Å². The van der Waals surface area contributed by atoms with E-state index in [1.165, 1.54) is 33.4 Å². The smallest absolute Gasteiger partial charge is 0.0702 e. The normalized spacial score (nSPS) is 14.9. The summed E-state index contributed by atoms with van der Waals surface area (Å²) >= 11 is 0. The van der Waals surface area contributed by atoms with E-state index >= 15 is 0 Å². The fourth-order valence-electron chi connectivity index (χ4n) is 7.35. The van der Waals surface area contributed by atoms with Crippen LogP contribution >= 0.6 is 0 Å². The van der Waals surface area contributed by atoms with E-state index < -0.39 is 0 Å². The molecule has 4 nitrogen and oxygen atoms in total. The zero-order valence-corrected chi connectivity index (χ0v) is 28.7. The SMILES string of the molecule is CC1CC(c2cc(CNC(c3ccccc3)c3ccc4ccccc4c3N)cc(-c3ccccn3)c2)=CC=C1c1cccc(-c2ccccn2)c1. The Morgan fingerprint density at radius 2 is 1.33 bits per heavy atom. The Balaban J connectivity index is 1.14. The highest BCUT2D eigenvalue weighted by molar-refractivity contribution is 5.94. The predicted molar refractivity (Wildman–Crippen MR) is 213 cm³/mol. The van der Waals surface area contributed by atoms with Crippen LogP contribution in [0, 0.1) is 5.92 Å². The molecule has 0 bridgehead atoms. The lowest BCUT2D eigenvalue weighted by Crippen LogP contribution is -2.23. The van der Waals surface area contributed by atoms with E-state index in [0.717, 1.165) is 51.0 Å². The molecule has 2 aromatic heterocycles. The summed E-state index contributed by atoms with van der Waals surface area (Å²) in [5.41, 5.74) is 20.5. The van der Waals surface area contributed by atoms with E-state index in [9.17, 15) is 0 Å². The molecule has 1 aliphatic rings. The molecular formula is C47H40N4. The number of nitrogen functional groups attached to an aromatic ring is 1. The van der Waals surface area contributed by atoms with Gasteiger partial charge in [0.05, 0.1) is 17.4 Å². The van der Waals surface area contributed by atoms with Crippen molar-refractivity contribution in [1.82, 2.24) is 15.3 Å². The number of benzene rings is 5. The average molecular weight is 661 g/mol. The maximum absolute atomic E-state index is 6.89. The van der Waals surface area contributed by atoms with Crippen LogP contribution in [0.15, 0.2) is 170 Å². The second-order valence-corrected chi connectivity index (χ2v) is 13.4. The zero-order chi connectivity index (χ0) is 34.6. The van der Waals surface area contributed by atoms with Crippen LogP contribution in [0.4, 0.5) is 5.69 Å². The number of nitrogens with two attached hydrogens (primary N) is 1. The number of hydrogen-bond donors (Lipinski definition) is 2. The first kappa shape index (κ1) is 32.1. The molecule has 2 unspecified atom stereocenters. The molecule has 0 saturated heterocycles. The second-order valence-electron chi connectivity index (χ2n) is 13.4. The topological polar surface area (TPSA) is 63.8 Å². The van der Waals surface area contributed by atoms with Gasteiger partial charge in [0.15, 0.2) is 0 Å². The molecule has 1 aliphatic carbocycles. The fourth-order valence-corrected chi connectivity index (χ4v) is 7.35. The maximum Gasteiger partial charge on any atom is 0.0702 e. The standard InChI is InChI=1S/C47H40N4/c1-32-26-36(21-22-41(32)37-15-11-16-38(29-37)44-18-7-9-24-49-44)39-27-33(28-40(30-39)45-19-8-10-25-50-45)31-51-47(35-13-3-2-4-14-35)43-23-20-34-12-5-6-17-42(34)46(43)48/h2-25,27-30,32,47,51H,26,31,48H2,1H3. The third-order valence-corrected chi connectivity index (χ3v) is 9.96. The van der Waals surface area contributed by atoms with E-state index in [1.807, 2.05) is 30.6 Å². The van der Waals surface area contributed by atoms with Gasteiger partial charge in [-0.15, -0.1) is 0 Å². The van der Waals surface area contributed by atoms with Crippen molar-refractivity contribution in [2.24, 2.45) is 5.92 Å². The van der Waals surface area contributed by atoms with Gasteiger partial charge in [-0.25, -0.2) is 0 Å². The number of aromatic nitrogens is 2. The molecule has 51 heavy (non-hydrogen) atoms. The summed E-state index contributed by atoms with van der Waals surface area (Å²) in [5, 5.41) is 6.12. The number of nitrogens with zero attached hydrogens (tertiary/aromatic N) is 2. The molecule has 2 heterocycles. The molecule has 0 radical (unpaired) electrons. The summed E-state index contributed by atoms with van der Waals surface area (Å²) in [6.45, 7) is 2.99. The number of hydrogen-bond acceptors (Lipinski definition) is 4. The van der Waals surface area contributed by atoms with Gasteiger partial charge in [0, 0.05) is 41.1 Å². The van der Waals surface area contributed by atoms with Gasteiger partial charge in [0.2, 0.25) is 0 Å². The third kappa shape index (κ3) is 6.87. The average Bonchev–Trinajstić information content (AvgIpc) is 3.20. The van der Waals surface area contributed by atoms with Crippen LogP contribution < -0.4 is 11.1 Å². The molecule has 0 amide bonds. The Morgan fingerprint density at radius 3 is 2.10 bits per heavy atom. The lowest BCUT2D eigenvalue weighted by atomic mass is 9.81. The van der Waals surface area contributed by atoms with Crippen molar-refractivity contribution < 1.29 is 0 Å². The highest BCUT2D eigenvalue weighted by Gasteiger charge is 2.21. The number of rotatable bonds is 9. The van der Waals surface area contributed by atoms with E-state index in [1.54, 1.807) is 0 Å². The molecule has 8 rings (SSSR count). The largest absolute Gasteiger partial charge is 0.398 e. The van der Waals surface area contributed by atoms with Gasteiger partial charge in [0.25, 0.3) is 0 Å². The Hall–Kier alpha value is -6.10. The van der Waals surface area contributed by atoms with Gasteiger partial charge >= 0.3 is 0 Å². The summed E-state index contributed by atoms with van der Waals surface area (Å²) in [6.07, 6.45) is 9.27. The van der Waals surface area contributed by atoms with Crippen LogP contribution in [0.1, 0.15) is 47.2 Å². The minimum Gasteiger partial charge on any atom is -0.398 e. The van der Waals surface area contributed by atoms with Crippen molar-refractivity contribution in [2.45, 2.75) is 25.9 Å². The summed E-state index contributed by atoms with van der Waals surface area (Å²) in [6, 6.07) is 51.0. The first-order valence-corrected chi connectivity index (χ1v) is 17.6. The lowest BCUT2D eigenvalue weighted by Gasteiger charge is -2.24. The summed E-state index contributed by atoms with van der Waals surface area (Å²) in [7, 11) is 0. The Labute approximate surface area is 300 Å². The van der Waals surface area contributed by atoms with Gasteiger partial charge in [-0.3, -0.25) is 9.97 Å². The van der Waals surface area contributed by atoms with Gasteiger partial charge in [-0.1, -0.05) is 122 Å². The number of anilines is 1. The molecule has 4 heteroatoms. The van der Waals surface area contributed by atoms with Gasteiger partial charge in [-0.05, 0) is 99.2 Å². The monoisotopic (exact) mass is 660 g/mol. The van der Waals surface area contributed by atoms with Gasteiger partial charge in [-0.2, -0.15) is 0 Å². The number of pyridine rings is 2. The number of fused-ring (bicyclic) bond motifs is 1. The van der Waals surface area contributed by atoms with Crippen molar-refractivity contribution in [3.63, 3.8) is 0 Å². The minimum absolute atomic E-state index is 0.0842. The van der Waals surface area contributed by atoms with Crippen molar-refractivity contribution in [3.8, 4) is 22.5 Å². The van der Waals surface area contributed by atoms with Crippen LogP contribution in [0.25, 0.3) is 44.4 Å². The first-order chi connectivity index (χ1) is 25.1. The quantitative estimate of drug-likeness (QED) is 0.151. The molecular weight excluding hydrogens is 621 g/mol. The Morgan fingerprint density at radius 1 is 0.647 bits per heavy atom. The lowest BCUT2D eigenvalue weighted by molar-refractivity contribution is 0.607. The molecule has 0 fully saturated rings. The second kappa shape index (κ2) is 14.4. The first-order valence-electron chi connectivity index (χ1n) is 17.6. The van der Waals surface area contributed by atoms with Crippen molar-refractivity contribution >= 4 is 27.6 Å². The molecule has 2 atom stereocenters. The van der Waals surface area contributed by atoms with Crippen LogP contribution in [-0.2, 0) is 6.54 Å². The van der Waals surface area contributed by atoms with Crippen molar-refractivity contribution in [2.75, 3.05) is 5.73 Å².